The molecule has 0 aliphatic rings. The molecule has 0 spiro atoms. The van der Waals surface area contributed by atoms with Crippen molar-refractivity contribution in [1.29, 1.82) is 0 Å². The molecule has 0 radical (unpaired) electrons. The van der Waals surface area contributed by atoms with Gasteiger partial charge < -0.3 is 0 Å². The van der Waals surface area contributed by atoms with Crippen LogP contribution in [-0.2, 0) is 27.3 Å². The van der Waals surface area contributed by atoms with Gasteiger partial charge >= 0.3 is 49.7 Å². The zero-order valence-corrected chi connectivity index (χ0v) is 6.54. The zero-order chi connectivity index (χ0) is 5.86. The molecule has 0 aromatic carbocycles. The summed E-state index contributed by atoms with van der Waals surface area (Å²) in [4.78, 5) is 20.2. The minimum absolute atomic E-state index is 0.0625. The second kappa shape index (κ2) is 3.05. The maximum absolute atomic E-state index is 10.1. The van der Waals surface area contributed by atoms with Crippen LogP contribution in [0.2, 0.25) is 0 Å². The fourth-order valence-corrected chi connectivity index (χ4v) is 1.35. The first-order valence-electron chi connectivity index (χ1n) is 1.74. The van der Waals surface area contributed by atoms with Gasteiger partial charge in [-0.2, -0.15) is 0 Å². The second-order valence-corrected chi connectivity index (χ2v) is 4.93. The summed E-state index contributed by atoms with van der Waals surface area (Å²) in [7, 11) is 0. The molecule has 3 heteroatoms. The maximum atomic E-state index is 10.1. The van der Waals surface area contributed by atoms with Crippen LogP contribution in [0.1, 0.15) is 13.8 Å². The predicted octanol–water partition coefficient (Wildman–Crippen LogP) is 0.162. The van der Waals surface area contributed by atoms with E-state index in [2.05, 4.69) is 0 Å². The van der Waals surface area contributed by atoms with Crippen LogP contribution in [0.15, 0.2) is 0 Å². The van der Waals surface area contributed by atoms with Gasteiger partial charge in [0, 0.05) is 0 Å². The molecule has 2 nitrogen and oxygen atoms in total. The van der Waals surface area contributed by atoms with Crippen LogP contribution < -0.4 is 0 Å². The first-order valence-corrected chi connectivity index (χ1v) is 4.14. The first-order chi connectivity index (χ1) is 3.13. The van der Waals surface area contributed by atoms with Gasteiger partial charge in [-0.05, 0) is 0 Å². The third-order valence-electron chi connectivity index (χ3n) is 0.235. The average molecular weight is 278 g/mol. The van der Waals surface area contributed by atoms with Crippen molar-refractivity contribution in [2.24, 2.45) is 0 Å². The van der Waals surface area contributed by atoms with Gasteiger partial charge in [-0.15, -0.1) is 0 Å². The van der Waals surface area contributed by atoms with E-state index in [1.54, 1.807) is 0 Å². The summed E-state index contributed by atoms with van der Waals surface area (Å²) in [6.45, 7) is 2.92. The van der Waals surface area contributed by atoms with Crippen molar-refractivity contribution < 1.29 is 27.3 Å². The Morgan fingerprint density at radius 1 is 1.14 bits per heavy atom. The van der Waals surface area contributed by atoms with E-state index in [9.17, 15) is 9.59 Å². The molecular weight excluding hydrogens is 272 g/mol. The molecule has 0 rings (SSSR count). The molecule has 7 heavy (non-hydrogen) atoms. The fourth-order valence-electron chi connectivity index (χ4n) is 0.165. The Kier molecular flexibility index (Phi) is 3.05. The van der Waals surface area contributed by atoms with E-state index in [4.69, 9.17) is 0 Å². The number of rotatable bonds is 2. The standard InChI is InChI=1S/2C2H3O.Ir/c2*1-2-3;/h2*1H3;. The van der Waals surface area contributed by atoms with E-state index >= 15 is 0 Å². The zero-order valence-electron chi connectivity index (χ0n) is 4.15. The molecule has 0 heterocycles. The summed E-state index contributed by atoms with van der Waals surface area (Å²) in [6.07, 6.45) is 0. The molecule has 0 saturated carbocycles. The van der Waals surface area contributed by atoms with Crippen molar-refractivity contribution in [3.8, 4) is 0 Å². The van der Waals surface area contributed by atoms with Gasteiger partial charge in [0.05, 0.1) is 0 Å². The predicted molar refractivity (Wildman–Crippen MR) is 21.4 cm³/mol. The van der Waals surface area contributed by atoms with Crippen LogP contribution in [0, 0.1) is 0 Å². The minimum atomic E-state index is -0.889. The first kappa shape index (κ1) is 6.99. The SMILES string of the molecule is C[C](=O)[Ir][C](C)=O. The van der Waals surface area contributed by atoms with Crippen LogP contribution in [0.3, 0.4) is 0 Å². The van der Waals surface area contributed by atoms with Crippen molar-refractivity contribution >= 4 is 8.59 Å². The third kappa shape index (κ3) is 5.99. The van der Waals surface area contributed by atoms with Gasteiger partial charge in [0.25, 0.3) is 0 Å². The van der Waals surface area contributed by atoms with Crippen molar-refractivity contribution in [1.82, 2.24) is 0 Å². The van der Waals surface area contributed by atoms with Gasteiger partial charge in [0.2, 0.25) is 0 Å². The summed E-state index contributed by atoms with van der Waals surface area (Å²) in [5.41, 5.74) is 0. The molecule has 0 bridgehead atoms. The summed E-state index contributed by atoms with van der Waals surface area (Å²) in [5.74, 6) is 0. The molecular formula is C4H6IrO2. The van der Waals surface area contributed by atoms with E-state index in [0.29, 0.717) is 0 Å². The van der Waals surface area contributed by atoms with Crippen molar-refractivity contribution in [2.45, 2.75) is 13.8 Å². The van der Waals surface area contributed by atoms with Crippen LogP contribution in [0.5, 0.6) is 0 Å². The molecule has 0 saturated heterocycles. The molecule has 0 aromatic rings. The van der Waals surface area contributed by atoms with Crippen LogP contribution in [0.4, 0.5) is 0 Å². The normalized spacial score (nSPS) is 8.86. The third-order valence-corrected chi connectivity index (χ3v) is 1.92. The molecule has 0 aliphatic carbocycles. The number of hydrogen-bond donors (Lipinski definition) is 0. The molecule has 0 atom stereocenters. The molecule has 43 valence electrons. The van der Waals surface area contributed by atoms with Crippen molar-refractivity contribution in [3.05, 3.63) is 0 Å². The molecule has 0 aromatic heterocycles. The number of carbonyl (C=O) groups excluding carboxylic acids is 2. The van der Waals surface area contributed by atoms with Gasteiger partial charge in [0.15, 0.2) is 0 Å². The van der Waals surface area contributed by atoms with Gasteiger partial charge in [-0.25, -0.2) is 0 Å². The Morgan fingerprint density at radius 3 is 1.43 bits per heavy atom. The van der Waals surface area contributed by atoms with Crippen molar-refractivity contribution in [2.75, 3.05) is 0 Å². The van der Waals surface area contributed by atoms with Crippen LogP contribution >= 0.6 is 0 Å². The van der Waals surface area contributed by atoms with Gasteiger partial charge in [-0.1, -0.05) is 0 Å². The molecule has 0 amide bonds. The average Bonchev–Trinajstić information content (AvgIpc) is 1.27. The number of hydrogen-bond acceptors (Lipinski definition) is 2. The van der Waals surface area contributed by atoms with Crippen molar-refractivity contribution in [3.63, 3.8) is 0 Å². The van der Waals surface area contributed by atoms with E-state index in [0.717, 1.165) is 0 Å². The Hall–Kier alpha value is -0.0106. The van der Waals surface area contributed by atoms with Crippen LogP contribution in [0.25, 0.3) is 0 Å². The molecule has 0 N–H and O–H groups in total. The number of carbonyl (C=O) groups is 2. The summed E-state index contributed by atoms with van der Waals surface area (Å²) in [6, 6.07) is 0. The topological polar surface area (TPSA) is 34.1 Å². The van der Waals surface area contributed by atoms with E-state index < -0.39 is 17.7 Å². The Bertz CT molecular complexity index is 85.9. The second-order valence-electron chi connectivity index (χ2n) is 0.961. The van der Waals surface area contributed by atoms with E-state index in [1.165, 1.54) is 13.8 Å². The van der Waals surface area contributed by atoms with Crippen LogP contribution in [-0.4, -0.2) is 8.59 Å². The quantitative estimate of drug-likeness (QED) is 0.721. The Labute approximate surface area is 50.3 Å². The van der Waals surface area contributed by atoms with E-state index in [-0.39, 0.29) is 8.59 Å². The Morgan fingerprint density at radius 2 is 1.43 bits per heavy atom. The molecule has 0 aliphatic heterocycles. The Balaban J connectivity index is 3.32. The summed E-state index contributed by atoms with van der Waals surface area (Å²) < 4.78 is 0.125. The van der Waals surface area contributed by atoms with E-state index in [1.807, 2.05) is 0 Å². The molecule has 0 unspecified atom stereocenters. The van der Waals surface area contributed by atoms with Gasteiger partial charge in [-0.3, -0.25) is 0 Å². The molecule has 0 fully saturated rings. The summed E-state index contributed by atoms with van der Waals surface area (Å²) >= 11 is -0.889. The monoisotopic (exact) mass is 279 g/mol. The summed E-state index contributed by atoms with van der Waals surface area (Å²) in [5, 5.41) is 0. The van der Waals surface area contributed by atoms with Gasteiger partial charge in [0.1, 0.15) is 0 Å². The fraction of sp³-hybridized carbons (Fsp3) is 0.500.